The molecule has 2 aliphatic rings. The van der Waals surface area contributed by atoms with Gasteiger partial charge in [-0.2, -0.15) is 0 Å². The summed E-state index contributed by atoms with van der Waals surface area (Å²) in [5, 5.41) is 5.77. The molecule has 2 fully saturated rings. The molecular weight excluding hydrogens is 306 g/mol. The SMILES string of the molecule is CC(C)CC[C@H](C)NC(=O)CN1C(=O)N[C@]2(CCCC[C@H]2C)C1=O. The highest BCUT2D eigenvalue weighted by Crippen LogP contribution is 2.38. The first-order valence-electron chi connectivity index (χ1n) is 9.19. The summed E-state index contributed by atoms with van der Waals surface area (Å²) in [6.45, 7) is 8.07. The van der Waals surface area contributed by atoms with E-state index in [1.165, 1.54) is 0 Å². The molecule has 4 amide bonds. The van der Waals surface area contributed by atoms with Crippen molar-refractivity contribution < 1.29 is 14.4 Å². The molecule has 0 aromatic rings. The maximum absolute atomic E-state index is 12.8. The van der Waals surface area contributed by atoms with Crippen LogP contribution in [-0.4, -0.2) is 40.9 Å². The molecule has 6 nitrogen and oxygen atoms in total. The maximum atomic E-state index is 12.8. The lowest BCUT2D eigenvalue weighted by Gasteiger charge is -2.36. The van der Waals surface area contributed by atoms with Crippen LogP contribution in [0.15, 0.2) is 0 Å². The fourth-order valence-corrected chi connectivity index (χ4v) is 3.76. The van der Waals surface area contributed by atoms with Gasteiger partial charge in [-0.1, -0.05) is 33.6 Å². The standard InChI is InChI=1S/C18H31N3O3/c1-12(2)8-9-14(4)19-15(22)11-21-16(23)18(20-17(21)24)10-6-5-7-13(18)3/h12-14H,5-11H2,1-4H3,(H,19,22)(H,20,24)/t13-,14+,18+/m1/s1. The van der Waals surface area contributed by atoms with Gasteiger partial charge in [-0.25, -0.2) is 4.79 Å². The van der Waals surface area contributed by atoms with Crippen LogP contribution in [0.4, 0.5) is 4.79 Å². The highest BCUT2D eigenvalue weighted by Gasteiger charge is 2.55. The van der Waals surface area contributed by atoms with Gasteiger partial charge in [0.2, 0.25) is 5.91 Å². The van der Waals surface area contributed by atoms with Crippen LogP contribution >= 0.6 is 0 Å². The van der Waals surface area contributed by atoms with Crippen LogP contribution in [-0.2, 0) is 9.59 Å². The minimum Gasteiger partial charge on any atom is -0.352 e. The van der Waals surface area contributed by atoms with E-state index in [1.54, 1.807) is 0 Å². The fraction of sp³-hybridized carbons (Fsp3) is 0.833. The molecule has 1 aliphatic carbocycles. The van der Waals surface area contributed by atoms with Crippen molar-refractivity contribution in [1.82, 2.24) is 15.5 Å². The van der Waals surface area contributed by atoms with Crippen LogP contribution in [0.3, 0.4) is 0 Å². The third-order valence-corrected chi connectivity index (χ3v) is 5.39. The van der Waals surface area contributed by atoms with Gasteiger partial charge in [0, 0.05) is 6.04 Å². The van der Waals surface area contributed by atoms with Crippen LogP contribution in [0.1, 0.15) is 66.2 Å². The lowest BCUT2D eigenvalue weighted by molar-refractivity contribution is -0.137. The zero-order valence-electron chi connectivity index (χ0n) is 15.4. The number of amides is 4. The quantitative estimate of drug-likeness (QED) is 0.731. The van der Waals surface area contributed by atoms with Gasteiger partial charge in [0.25, 0.3) is 5.91 Å². The lowest BCUT2D eigenvalue weighted by atomic mass is 9.73. The Morgan fingerprint density at radius 1 is 1.29 bits per heavy atom. The van der Waals surface area contributed by atoms with Gasteiger partial charge in [-0.05, 0) is 44.4 Å². The molecule has 2 N–H and O–H groups in total. The van der Waals surface area contributed by atoms with Crippen molar-refractivity contribution >= 4 is 17.8 Å². The predicted molar refractivity (Wildman–Crippen MR) is 92.3 cm³/mol. The fourth-order valence-electron chi connectivity index (χ4n) is 3.76. The van der Waals surface area contributed by atoms with Crippen LogP contribution in [0.5, 0.6) is 0 Å². The number of carbonyl (C=O) groups is 3. The van der Waals surface area contributed by atoms with Crippen LogP contribution in [0.25, 0.3) is 0 Å². The molecule has 1 saturated carbocycles. The minimum atomic E-state index is -0.793. The highest BCUT2D eigenvalue weighted by atomic mass is 16.2. The molecule has 0 bridgehead atoms. The molecule has 6 heteroatoms. The van der Waals surface area contributed by atoms with Crippen molar-refractivity contribution in [3.8, 4) is 0 Å². The van der Waals surface area contributed by atoms with Crippen molar-refractivity contribution in [3.05, 3.63) is 0 Å². The second-order valence-corrected chi connectivity index (χ2v) is 7.88. The number of urea groups is 1. The first-order chi connectivity index (χ1) is 11.3. The third kappa shape index (κ3) is 3.90. The maximum Gasteiger partial charge on any atom is 0.325 e. The van der Waals surface area contributed by atoms with E-state index in [1.807, 2.05) is 13.8 Å². The molecule has 0 unspecified atom stereocenters. The first-order valence-corrected chi connectivity index (χ1v) is 9.19. The molecule has 1 heterocycles. The summed E-state index contributed by atoms with van der Waals surface area (Å²) < 4.78 is 0. The largest absolute Gasteiger partial charge is 0.352 e. The smallest absolute Gasteiger partial charge is 0.325 e. The average Bonchev–Trinajstić information content (AvgIpc) is 2.73. The Kier molecular flexibility index (Phi) is 5.88. The topological polar surface area (TPSA) is 78.5 Å². The monoisotopic (exact) mass is 337 g/mol. The second-order valence-electron chi connectivity index (χ2n) is 7.88. The number of rotatable bonds is 6. The van der Waals surface area contributed by atoms with Gasteiger partial charge in [-0.3, -0.25) is 14.5 Å². The van der Waals surface area contributed by atoms with Gasteiger partial charge in [0.15, 0.2) is 0 Å². The molecule has 24 heavy (non-hydrogen) atoms. The van der Waals surface area contributed by atoms with E-state index in [0.29, 0.717) is 12.3 Å². The Balaban J connectivity index is 1.93. The Labute approximate surface area is 144 Å². The number of hydrogen-bond acceptors (Lipinski definition) is 3. The molecule has 1 saturated heterocycles. The number of hydrogen-bond donors (Lipinski definition) is 2. The van der Waals surface area contributed by atoms with Gasteiger partial charge in [0.05, 0.1) is 0 Å². The molecule has 3 atom stereocenters. The summed E-state index contributed by atoms with van der Waals surface area (Å²) >= 11 is 0. The summed E-state index contributed by atoms with van der Waals surface area (Å²) in [5.41, 5.74) is -0.793. The van der Waals surface area contributed by atoms with Crippen molar-refractivity contribution in [2.45, 2.75) is 77.8 Å². The highest BCUT2D eigenvalue weighted by molar-refractivity contribution is 6.09. The van der Waals surface area contributed by atoms with Gasteiger partial charge in [0.1, 0.15) is 12.1 Å². The van der Waals surface area contributed by atoms with Crippen molar-refractivity contribution in [2.24, 2.45) is 11.8 Å². The van der Waals surface area contributed by atoms with Crippen LogP contribution in [0, 0.1) is 11.8 Å². The van der Waals surface area contributed by atoms with E-state index in [9.17, 15) is 14.4 Å². The Morgan fingerprint density at radius 2 is 2.00 bits per heavy atom. The van der Waals surface area contributed by atoms with E-state index < -0.39 is 11.6 Å². The normalized spacial score (nSPS) is 28.4. The zero-order chi connectivity index (χ0) is 17.9. The van der Waals surface area contributed by atoms with E-state index in [-0.39, 0.29) is 30.3 Å². The molecule has 1 spiro atoms. The lowest BCUT2D eigenvalue weighted by Crippen LogP contribution is -2.54. The molecule has 136 valence electrons. The van der Waals surface area contributed by atoms with Gasteiger partial charge < -0.3 is 10.6 Å². The number of imide groups is 1. The van der Waals surface area contributed by atoms with Crippen LogP contribution < -0.4 is 10.6 Å². The van der Waals surface area contributed by atoms with E-state index >= 15 is 0 Å². The first kappa shape index (κ1) is 18.7. The summed E-state index contributed by atoms with van der Waals surface area (Å²) in [7, 11) is 0. The molecule has 0 aromatic heterocycles. The zero-order valence-corrected chi connectivity index (χ0v) is 15.4. The summed E-state index contributed by atoms with van der Waals surface area (Å²) in [5.74, 6) is 0.198. The van der Waals surface area contributed by atoms with E-state index in [2.05, 4.69) is 24.5 Å². The molecule has 0 aromatic carbocycles. The van der Waals surface area contributed by atoms with Crippen molar-refractivity contribution in [2.75, 3.05) is 6.54 Å². The average molecular weight is 337 g/mol. The van der Waals surface area contributed by atoms with E-state index in [4.69, 9.17) is 0 Å². The second kappa shape index (κ2) is 7.53. The van der Waals surface area contributed by atoms with E-state index in [0.717, 1.165) is 37.0 Å². The van der Waals surface area contributed by atoms with Crippen LogP contribution in [0.2, 0.25) is 0 Å². The molecule has 2 rings (SSSR count). The molecule has 1 aliphatic heterocycles. The number of nitrogens with one attached hydrogen (secondary N) is 2. The number of nitrogens with zero attached hydrogens (tertiary/aromatic N) is 1. The molecular formula is C18H31N3O3. The summed E-state index contributed by atoms with van der Waals surface area (Å²) in [4.78, 5) is 38.4. The van der Waals surface area contributed by atoms with Crippen molar-refractivity contribution in [3.63, 3.8) is 0 Å². The summed E-state index contributed by atoms with van der Waals surface area (Å²) in [6, 6.07) is -0.387. The Morgan fingerprint density at radius 3 is 2.62 bits per heavy atom. The Hall–Kier alpha value is -1.59. The predicted octanol–water partition coefficient (Wildman–Crippen LogP) is 2.43. The summed E-state index contributed by atoms with van der Waals surface area (Å²) in [6.07, 6.45) is 5.54. The number of carbonyl (C=O) groups excluding carboxylic acids is 3. The van der Waals surface area contributed by atoms with Gasteiger partial charge >= 0.3 is 6.03 Å². The Bertz CT molecular complexity index is 506. The minimum absolute atomic E-state index is 0.0447. The third-order valence-electron chi connectivity index (χ3n) is 5.39. The van der Waals surface area contributed by atoms with Crippen molar-refractivity contribution in [1.29, 1.82) is 0 Å². The molecule has 0 radical (unpaired) electrons. The van der Waals surface area contributed by atoms with Gasteiger partial charge in [-0.15, -0.1) is 0 Å².